The van der Waals surface area contributed by atoms with Gasteiger partial charge < -0.3 is 4.90 Å². The summed E-state index contributed by atoms with van der Waals surface area (Å²) < 4.78 is 26.5. The molecule has 2 nitrogen and oxygen atoms in total. The summed E-state index contributed by atoms with van der Waals surface area (Å²) in [5.74, 6) is -1.72. The van der Waals surface area contributed by atoms with Gasteiger partial charge >= 0.3 is 0 Å². The molecule has 7 heteroatoms. The average Bonchev–Trinajstić information content (AvgIpc) is 2.85. The maximum Gasteiger partial charge on any atom is 0.233 e. The van der Waals surface area contributed by atoms with E-state index < -0.39 is 11.6 Å². The number of carbonyl (C=O) groups excluding carboxylic acids is 1. The SMILES string of the molecule is CN(Cc1ccc(Cl)s1)C(=O)CSc1ccc(F)c(F)c1. The quantitative estimate of drug-likeness (QED) is 0.746. The minimum absolute atomic E-state index is 0.0887. The summed E-state index contributed by atoms with van der Waals surface area (Å²) in [6.45, 7) is 0.481. The van der Waals surface area contributed by atoms with Gasteiger partial charge in [0.25, 0.3) is 0 Å². The molecule has 0 aliphatic rings. The molecule has 1 aromatic heterocycles. The van der Waals surface area contributed by atoms with Crippen LogP contribution in [0.2, 0.25) is 4.34 Å². The molecule has 2 rings (SSSR count). The number of thiophene rings is 1. The lowest BCUT2D eigenvalue weighted by Gasteiger charge is -2.15. The fourth-order valence-corrected chi connectivity index (χ4v) is 3.58. The molecule has 0 radical (unpaired) electrons. The summed E-state index contributed by atoms with van der Waals surface area (Å²) >= 11 is 8.44. The molecule has 0 aliphatic heterocycles. The van der Waals surface area contributed by atoms with Crippen LogP contribution in [0.25, 0.3) is 0 Å². The highest BCUT2D eigenvalue weighted by Gasteiger charge is 2.12. The Labute approximate surface area is 134 Å². The summed E-state index contributed by atoms with van der Waals surface area (Å²) in [6, 6.07) is 7.26. The zero-order valence-electron chi connectivity index (χ0n) is 11.1. The largest absolute Gasteiger partial charge is 0.340 e. The van der Waals surface area contributed by atoms with Gasteiger partial charge in [0.05, 0.1) is 16.6 Å². The van der Waals surface area contributed by atoms with Crippen molar-refractivity contribution in [1.82, 2.24) is 4.90 Å². The lowest BCUT2D eigenvalue weighted by atomic mass is 10.3. The van der Waals surface area contributed by atoms with Gasteiger partial charge in [-0.3, -0.25) is 4.79 Å². The van der Waals surface area contributed by atoms with Crippen molar-refractivity contribution in [3.05, 3.63) is 51.2 Å². The number of hydrogen-bond acceptors (Lipinski definition) is 3. The van der Waals surface area contributed by atoms with Crippen molar-refractivity contribution in [3.8, 4) is 0 Å². The van der Waals surface area contributed by atoms with Crippen LogP contribution in [0.4, 0.5) is 8.78 Å². The summed E-state index contributed by atoms with van der Waals surface area (Å²) in [5.41, 5.74) is 0. The minimum Gasteiger partial charge on any atom is -0.340 e. The Morgan fingerprint density at radius 2 is 2.05 bits per heavy atom. The Morgan fingerprint density at radius 3 is 2.67 bits per heavy atom. The molecule has 2 aromatic rings. The van der Waals surface area contributed by atoms with Crippen molar-refractivity contribution in [1.29, 1.82) is 0 Å². The van der Waals surface area contributed by atoms with Gasteiger partial charge in [-0.2, -0.15) is 0 Å². The number of hydrogen-bond donors (Lipinski definition) is 0. The zero-order chi connectivity index (χ0) is 15.4. The van der Waals surface area contributed by atoms with Crippen molar-refractivity contribution in [2.24, 2.45) is 0 Å². The van der Waals surface area contributed by atoms with Crippen LogP contribution in [0.3, 0.4) is 0 Å². The van der Waals surface area contributed by atoms with Crippen LogP contribution in [0.5, 0.6) is 0 Å². The molecular weight excluding hydrogens is 336 g/mol. The fraction of sp³-hybridized carbons (Fsp3) is 0.214. The first kappa shape index (κ1) is 16.3. The first-order valence-corrected chi connectivity index (χ1v) is 8.20. The predicted octanol–water partition coefficient (Wildman–Crippen LogP) is 4.43. The first-order valence-electron chi connectivity index (χ1n) is 6.01. The number of carbonyl (C=O) groups is 1. The second kappa shape index (κ2) is 7.24. The van der Waals surface area contributed by atoms with Gasteiger partial charge in [0, 0.05) is 16.8 Å². The van der Waals surface area contributed by atoms with Crippen LogP contribution in [-0.4, -0.2) is 23.6 Å². The molecule has 1 amide bonds. The standard InChI is InChI=1S/C14H12ClF2NOS2/c1-18(7-10-3-5-13(15)21-10)14(19)8-20-9-2-4-11(16)12(17)6-9/h2-6H,7-8H2,1H3. The third-order valence-electron chi connectivity index (χ3n) is 2.70. The molecule has 21 heavy (non-hydrogen) atoms. The Balaban J connectivity index is 1.87. The van der Waals surface area contributed by atoms with Gasteiger partial charge in [-0.25, -0.2) is 8.78 Å². The third kappa shape index (κ3) is 4.69. The monoisotopic (exact) mass is 347 g/mol. The van der Waals surface area contributed by atoms with Crippen LogP contribution in [0, 0.1) is 11.6 Å². The fourth-order valence-electron chi connectivity index (χ4n) is 1.58. The van der Waals surface area contributed by atoms with E-state index in [0.29, 0.717) is 15.8 Å². The van der Waals surface area contributed by atoms with Gasteiger partial charge in [-0.1, -0.05) is 11.6 Å². The van der Waals surface area contributed by atoms with E-state index in [1.165, 1.54) is 29.2 Å². The van der Waals surface area contributed by atoms with Crippen molar-refractivity contribution in [2.75, 3.05) is 12.8 Å². The number of benzene rings is 1. The minimum atomic E-state index is -0.908. The highest BCUT2D eigenvalue weighted by molar-refractivity contribution is 8.00. The number of thioether (sulfide) groups is 1. The molecule has 0 N–H and O–H groups in total. The van der Waals surface area contributed by atoms with E-state index in [4.69, 9.17) is 11.6 Å². The number of nitrogens with zero attached hydrogens (tertiary/aromatic N) is 1. The molecule has 0 saturated carbocycles. The van der Waals surface area contributed by atoms with E-state index >= 15 is 0 Å². The molecule has 0 fully saturated rings. The van der Waals surface area contributed by atoms with E-state index in [2.05, 4.69) is 0 Å². The second-order valence-electron chi connectivity index (χ2n) is 4.32. The highest BCUT2D eigenvalue weighted by atomic mass is 35.5. The second-order valence-corrected chi connectivity index (χ2v) is 7.17. The van der Waals surface area contributed by atoms with Gasteiger partial charge in [0.15, 0.2) is 11.6 Å². The van der Waals surface area contributed by atoms with Gasteiger partial charge in [0.1, 0.15) is 0 Å². The molecular formula is C14H12ClF2NOS2. The average molecular weight is 348 g/mol. The first-order chi connectivity index (χ1) is 9.95. The van der Waals surface area contributed by atoms with Crippen molar-refractivity contribution < 1.29 is 13.6 Å². The Morgan fingerprint density at radius 1 is 1.29 bits per heavy atom. The summed E-state index contributed by atoms with van der Waals surface area (Å²) in [7, 11) is 1.70. The van der Waals surface area contributed by atoms with E-state index in [1.54, 1.807) is 18.0 Å². The van der Waals surface area contributed by atoms with Crippen LogP contribution in [0.15, 0.2) is 35.2 Å². The van der Waals surface area contributed by atoms with E-state index in [-0.39, 0.29) is 11.7 Å². The van der Waals surface area contributed by atoms with Gasteiger partial charge in [-0.15, -0.1) is 23.1 Å². The van der Waals surface area contributed by atoms with Gasteiger partial charge in [0.2, 0.25) is 5.91 Å². The summed E-state index contributed by atoms with van der Waals surface area (Å²) in [4.78, 5) is 15.1. The summed E-state index contributed by atoms with van der Waals surface area (Å²) in [6.07, 6.45) is 0. The third-order valence-corrected chi connectivity index (χ3v) is 4.90. The van der Waals surface area contributed by atoms with E-state index in [1.807, 2.05) is 6.07 Å². The Kier molecular flexibility index (Phi) is 5.61. The lowest BCUT2D eigenvalue weighted by Crippen LogP contribution is -2.27. The molecule has 1 heterocycles. The molecule has 0 spiro atoms. The molecule has 0 atom stereocenters. The Bertz CT molecular complexity index is 648. The molecule has 112 valence electrons. The number of rotatable bonds is 5. The number of halogens is 3. The predicted molar refractivity (Wildman–Crippen MR) is 82.9 cm³/mol. The van der Waals surface area contributed by atoms with Crippen LogP contribution < -0.4 is 0 Å². The van der Waals surface area contributed by atoms with Crippen LogP contribution in [0.1, 0.15) is 4.88 Å². The topological polar surface area (TPSA) is 20.3 Å². The molecule has 0 bridgehead atoms. The zero-order valence-corrected chi connectivity index (χ0v) is 13.5. The summed E-state index contributed by atoms with van der Waals surface area (Å²) in [5, 5.41) is 0. The van der Waals surface area contributed by atoms with Crippen molar-refractivity contribution in [2.45, 2.75) is 11.4 Å². The Hall–Kier alpha value is -1.11. The number of amides is 1. The smallest absolute Gasteiger partial charge is 0.233 e. The van der Waals surface area contributed by atoms with E-state index in [0.717, 1.165) is 17.0 Å². The van der Waals surface area contributed by atoms with Crippen molar-refractivity contribution >= 4 is 40.6 Å². The van der Waals surface area contributed by atoms with Crippen LogP contribution >= 0.6 is 34.7 Å². The highest BCUT2D eigenvalue weighted by Crippen LogP contribution is 2.24. The van der Waals surface area contributed by atoms with Gasteiger partial charge in [-0.05, 0) is 30.3 Å². The molecule has 0 unspecified atom stereocenters. The van der Waals surface area contributed by atoms with Crippen LogP contribution in [-0.2, 0) is 11.3 Å². The molecule has 0 saturated heterocycles. The lowest BCUT2D eigenvalue weighted by molar-refractivity contribution is -0.127. The van der Waals surface area contributed by atoms with E-state index in [9.17, 15) is 13.6 Å². The maximum absolute atomic E-state index is 13.1. The maximum atomic E-state index is 13.1. The molecule has 0 aliphatic carbocycles. The van der Waals surface area contributed by atoms with Crippen molar-refractivity contribution in [3.63, 3.8) is 0 Å². The normalized spacial score (nSPS) is 10.7. The molecule has 1 aromatic carbocycles.